The van der Waals surface area contributed by atoms with Crippen LogP contribution in [0, 0.1) is 5.92 Å². The molecule has 0 spiro atoms. The number of carbonyl (C=O) groups excluding carboxylic acids is 1. The van der Waals surface area contributed by atoms with Crippen molar-refractivity contribution in [1.82, 2.24) is 10.3 Å². The molecule has 2 aliphatic heterocycles. The molecule has 4 rings (SSSR count). The van der Waals surface area contributed by atoms with E-state index in [1.165, 1.54) is 5.38 Å². The first kappa shape index (κ1) is 25.9. The van der Waals surface area contributed by atoms with Crippen LogP contribution in [0.3, 0.4) is 0 Å². The van der Waals surface area contributed by atoms with Crippen molar-refractivity contribution in [2.45, 2.75) is 50.6 Å². The molecule has 13 heteroatoms. The Morgan fingerprint density at radius 1 is 1.22 bits per heavy atom. The fourth-order valence-electron chi connectivity index (χ4n) is 4.22. The minimum atomic E-state index is -4.57. The van der Waals surface area contributed by atoms with E-state index >= 15 is 0 Å². The first-order valence-electron chi connectivity index (χ1n) is 11.1. The second-order valence-electron chi connectivity index (χ2n) is 9.55. The summed E-state index contributed by atoms with van der Waals surface area (Å²) in [4.78, 5) is 34.6. The average Bonchev–Trinajstić information content (AvgIpc) is 3.27. The Bertz CT molecular complexity index is 1160. The van der Waals surface area contributed by atoms with Crippen molar-refractivity contribution in [3.63, 3.8) is 0 Å². The number of anilines is 1. The zero-order valence-corrected chi connectivity index (χ0v) is 20.5. The van der Waals surface area contributed by atoms with Gasteiger partial charge in [-0.3, -0.25) is 15.0 Å². The third-order valence-corrected chi connectivity index (χ3v) is 6.97. The van der Waals surface area contributed by atoms with Crippen LogP contribution in [-0.4, -0.2) is 59.1 Å². The van der Waals surface area contributed by atoms with Crippen LogP contribution in [0.1, 0.15) is 42.6 Å². The molecular weight excluding hydrogens is 501 g/mol. The molecule has 0 radical (unpaired) electrons. The topological polar surface area (TPSA) is 113 Å². The third kappa shape index (κ3) is 5.03. The minimum absolute atomic E-state index is 0.123. The van der Waals surface area contributed by atoms with Gasteiger partial charge in [0, 0.05) is 22.4 Å². The smallest absolute Gasteiger partial charge is 0.414 e. The van der Waals surface area contributed by atoms with E-state index in [0.717, 1.165) is 16.2 Å². The molecule has 3 heterocycles. The lowest BCUT2D eigenvalue weighted by Gasteiger charge is -2.45. The SMILES string of the molecule is CC(C)(C)N(C(=O)O)c1csc([C@]23CO[C@@H](C(F)(F)F)C[C@H]2COC(NC(=O)c2ccccc2)=N3)n1. The highest BCUT2D eigenvalue weighted by molar-refractivity contribution is 7.10. The predicted octanol–water partition coefficient (Wildman–Crippen LogP) is 4.40. The van der Waals surface area contributed by atoms with Gasteiger partial charge in [0.15, 0.2) is 6.10 Å². The number of fused-ring (bicyclic) bond motifs is 1. The van der Waals surface area contributed by atoms with Crippen LogP contribution in [0.15, 0.2) is 40.7 Å². The highest BCUT2D eigenvalue weighted by Gasteiger charge is 2.56. The number of nitrogens with one attached hydrogen (secondary N) is 1. The van der Waals surface area contributed by atoms with E-state index < -0.39 is 54.3 Å². The Morgan fingerprint density at radius 3 is 2.53 bits per heavy atom. The molecule has 1 aromatic carbocycles. The maximum atomic E-state index is 13.5. The van der Waals surface area contributed by atoms with Crippen molar-refractivity contribution in [3.05, 3.63) is 46.3 Å². The molecule has 3 atom stereocenters. The summed E-state index contributed by atoms with van der Waals surface area (Å²) in [6, 6.07) is 8.13. The first-order chi connectivity index (χ1) is 16.8. The summed E-state index contributed by atoms with van der Waals surface area (Å²) in [6.07, 6.45) is -8.22. The van der Waals surface area contributed by atoms with Crippen LogP contribution >= 0.6 is 11.3 Å². The number of amides is 2. The van der Waals surface area contributed by atoms with Gasteiger partial charge in [-0.25, -0.2) is 14.8 Å². The van der Waals surface area contributed by atoms with Gasteiger partial charge in [-0.2, -0.15) is 13.2 Å². The number of nitrogens with zero attached hydrogens (tertiary/aromatic N) is 3. The van der Waals surface area contributed by atoms with E-state index in [1.54, 1.807) is 51.1 Å². The Hall–Kier alpha value is -3.19. The summed E-state index contributed by atoms with van der Waals surface area (Å²) in [5.74, 6) is -1.16. The summed E-state index contributed by atoms with van der Waals surface area (Å²) in [7, 11) is 0. The van der Waals surface area contributed by atoms with E-state index in [0.29, 0.717) is 5.56 Å². The number of alkyl halides is 3. The van der Waals surface area contributed by atoms with Crippen LogP contribution in [0.5, 0.6) is 0 Å². The molecule has 1 fully saturated rings. The Labute approximate surface area is 208 Å². The van der Waals surface area contributed by atoms with Crippen molar-refractivity contribution >= 4 is 35.2 Å². The van der Waals surface area contributed by atoms with E-state index in [9.17, 15) is 27.9 Å². The van der Waals surface area contributed by atoms with Gasteiger partial charge < -0.3 is 14.6 Å². The fraction of sp³-hybridized carbons (Fsp3) is 0.478. The second-order valence-corrected chi connectivity index (χ2v) is 10.4. The van der Waals surface area contributed by atoms with Gasteiger partial charge in [0.05, 0.1) is 13.2 Å². The zero-order valence-electron chi connectivity index (χ0n) is 19.7. The molecule has 0 aliphatic carbocycles. The predicted molar refractivity (Wildman–Crippen MR) is 125 cm³/mol. The van der Waals surface area contributed by atoms with Gasteiger partial charge >= 0.3 is 12.3 Å². The molecule has 0 unspecified atom stereocenters. The second kappa shape index (κ2) is 9.36. The number of aliphatic imine (C=N–C) groups is 1. The number of rotatable bonds is 3. The van der Waals surface area contributed by atoms with E-state index in [1.807, 2.05) is 0 Å². The number of halogens is 3. The van der Waals surface area contributed by atoms with Crippen molar-refractivity contribution in [2.75, 3.05) is 18.1 Å². The quantitative estimate of drug-likeness (QED) is 0.613. The van der Waals surface area contributed by atoms with Crippen molar-refractivity contribution < 1.29 is 37.3 Å². The standard InChI is InChI=1S/C23H25F3N4O5S/c1-21(2,3)30(20(32)33)16-11-36-18(27-16)22-12-35-15(23(24,25)26)9-14(22)10-34-19(29-22)28-17(31)13-7-5-4-6-8-13/h4-8,11,14-15H,9-10,12H2,1-3H3,(H,32,33)(H,28,29,31)/t14-,15+,22-/m0/s1. The summed E-state index contributed by atoms with van der Waals surface area (Å²) < 4.78 is 51.1. The number of hydrogen-bond acceptors (Lipinski definition) is 7. The lowest BCUT2D eigenvalue weighted by molar-refractivity contribution is -0.249. The molecule has 1 aromatic heterocycles. The number of carboxylic acid groups (broad SMARTS) is 1. The molecule has 0 bridgehead atoms. The van der Waals surface area contributed by atoms with Crippen molar-refractivity contribution in [2.24, 2.45) is 10.9 Å². The van der Waals surface area contributed by atoms with Crippen LogP contribution in [0.2, 0.25) is 0 Å². The van der Waals surface area contributed by atoms with Crippen LogP contribution < -0.4 is 10.2 Å². The number of ether oxygens (including phenoxy) is 2. The number of carbonyl (C=O) groups is 2. The molecule has 2 aromatic rings. The number of aromatic nitrogens is 1. The zero-order chi connectivity index (χ0) is 26.3. The number of benzene rings is 1. The number of thiazole rings is 1. The van der Waals surface area contributed by atoms with Crippen LogP contribution in [0.25, 0.3) is 0 Å². The first-order valence-corrected chi connectivity index (χ1v) is 12.0. The van der Waals surface area contributed by atoms with Crippen LogP contribution in [-0.2, 0) is 15.0 Å². The van der Waals surface area contributed by atoms with E-state index in [-0.39, 0.29) is 23.5 Å². The highest BCUT2D eigenvalue weighted by atomic mass is 32.1. The summed E-state index contributed by atoms with van der Waals surface area (Å²) in [5, 5.41) is 14.1. The molecule has 194 valence electrons. The Balaban J connectivity index is 1.72. The maximum Gasteiger partial charge on any atom is 0.414 e. The molecular formula is C23H25F3N4O5S. The van der Waals surface area contributed by atoms with E-state index in [2.05, 4.69) is 15.3 Å². The molecule has 9 nitrogen and oxygen atoms in total. The normalized spacial score (nSPS) is 24.2. The Morgan fingerprint density at radius 2 is 1.92 bits per heavy atom. The molecule has 0 saturated carbocycles. The van der Waals surface area contributed by atoms with Gasteiger partial charge in [-0.1, -0.05) is 18.2 Å². The van der Waals surface area contributed by atoms with Crippen molar-refractivity contribution in [3.8, 4) is 0 Å². The van der Waals surface area contributed by atoms with Crippen molar-refractivity contribution in [1.29, 1.82) is 0 Å². The van der Waals surface area contributed by atoms with Gasteiger partial charge in [-0.15, -0.1) is 11.3 Å². The summed E-state index contributed by atoms with van der Waals surface area (Å²) in [5.41, 5.74) is -1.88. The largest absolute Gasteiger partial charge is 0.465 e. The number of amidine groups is 1. The third-order valence-electron chi connectivity index (χ3n) is 5.98. The minimum Gasteiger partial charge on any atom is -0.465 e. The lowest BCUT2D eigenvalue weighted by atomic mass is 9.79. The van der Waals surface area contributed by atoms with Gasteiger partial charge in [-0.05, 0) is 39.3 Å². The molecule has 2 aliphatic rings. The molecule has 2 amide bonds. The fourth-order valence-corrected chi connectivity index (χ4v) is 5.22. The lowest BCUT2D eigenvalue weighted by Crippen LogP contribution is -2.55. The molecule has 36 heavy (non-hydrogen) atoms. The van der Waals surface area contributed by atoms with Gasteiger partial charge in [0.1, 0.15) is 16.4 Å². The average molecular weight is 527 g/mol. The maximum absolute atomic E-state index is 13.5. The van der Waals surface area contributed by atoms with E-state index in [4.69, 9.17) is 9.47 Å². The highest BCUT2D eigenvalue weighted by Crippen LogP contribution is 2.48. The summed E-state index contributed by atoms with van der Waals surface area (Å²) >= 11 is 1.07. The summed E-state index contributed by atoms with van der Waals surface area (Å²) in [6.45, 7) is 4.46. The monoisotopic (exact) mass is 526 g/mol. The molecule has 2 N–H and O–H groups in total. The molecule has 1 saturated heterocycles. The number of hydrogen-bond donors (Lipinski definition) is 2. The Kier molecular flexibility index (Phi) is 6.73. The van der Waals surface area contributed by atoms with Crippen LogP contribution in [0.4, 0.5) is 23.8 Å². The van der Waals surface area contributed by atoms with Gasteiger partial charge in [0.2, 0.25) is 0 Å². The van der Waals surface area contributed by atoms with Gasteiger partial charge in [0.25, 0.3) is 11.9 Å².